The lowest BCUT2D eigenvalue weighted by molar-refractivity contribution is 0.0729. The number of carbonyl (C=O) groups is 2. The van der Waals surface area contributed by atoms with Gasteiger partial charge in [0.1, 0.15) is 0 Å². The van der Waals surface area contributed by atoms with E-state index in [-0.39, 0.29) is 5.75 Å². The van der Waals surface area contributed by atoms with Gasteiger partial charge in [0, 0.05) is 15.6 Å². The molecule has 3 aromatic carbocycles. The minimum atomic E-state index is -0.542. The molecule has 0 bridgehead atoms. The fourth-order valence-corrected chi connectivity index (χ4v) is 2.77. The third-order valence-corrected chi connectivity index (χ3v) is 4.42. The molecule has 0 radical (unpaired) electrons. The average Bonchev–Trinajstić information content (AvgIpc) is 2.75. The van der Waals surface area contributed by atoms with E-state index in [4.69, 9.17) is 32.7 Å². The Morgan fingerprint density at radius 1 is 0.900 bits per heavy atom. The first-order valence-corrected chi connectivity index (χ1v) is 9.46. The molecule has 0 heterocycles. The van der Waals surface area contributed by atoms with Crippen LogP contribution >= 0.6 is 23.2 Å². The second kappa shape index (κ2) is 9.91. The Kier molecular flexibility index (Phi) is 7.06. The summed E-state index contributed by atoms with van der Waals surface area (Å²) in [5.41, 5.74) is 3.80. The standard InChI is InChI=1S/C22H16Cl2N2O4/c1-29-20-11-14(13-25-26-21(27)16-3-2-4-18(24)12-16)5-10-19(20)30-22(28)15-6-8-17(23)9-7-15/h2-13H,1H3,(H,26,27)/b25-13-. The molecule has 0 aliphatic rings. The second-order valence-electron chi connectivity index (χ2n) is 6.02. The van der Waals surface area contributed by atoms with Gasteiger partial charge in [-0.15, -0.1) is 0 Å². The highest BCUT2D eigenvalue weighted by Gasteiger charge is 2.13. The summed E-state index contributed by atoms with van der Waals surface area (Å²) in [6, 6.07) is 17.7. The highest BCUT2D eigenvalue weighted by Crippen LogP contribution is 2.28. The van der Waals surface area contributed by atoms with E-state index in [1.165, 1.54) is 13.3 Å². The second-order valence-corrected chi connectivity index (χ2v) is 6.89. The number of esters is 1. The van der Waals surface area contributed by atoms with Crippen LogP contribution in [0.5, 0.6) is 11.5 Å². The summed E-state index contributed by atoms with van der Waals surface area (Å²) >= 11 is 11.7. The zero-order chi connectivity index (χ0) is 21.5. The van der Waals surface area contributed by atoms with Gasteiger partial charge in [0.15, 0.2) is 11.5 Å². The molecule has 0 saturated carbocycles. The van der Waals surface area contributed by atoms with E-state index in [0.717, 1.165) is 0 Å². The van der Waals surface area contributed by atoms with E-state index in [1.54, 1.807) is 66.7 Å². The van der Waals surface area contributed by atoms with Crippen LogP contribution in [0.3, 0.4) is 0 Å². The van der Waals surface area contributed by atoms with Gasteiger partial charge in [0.2, 0.25) is 0 Å². The number of nitrogens with one attached hydrogen (secondary N) is 1. The van der Waals surface area contributed by atoms with E-state index < -0.39 is 11.9 Å². The summed E-state index contributed by atoms with van der Waals surface area (Å²) < 4.78 is 10.7. The predicted molar refractivity (Wildman–Crippen MR) is 116 cm³/mol. The molecule has 0 saturated heterocycles. The summed E-state index contributed by atoms with van der Waals surface area (Å²) in [6.07, 6.45) is 1.44. The average molecular weight is 443 g/mol. The molecule has 30 heavy (non-hydrogen) atoms. The highest BCUT2D eigenvalue weighted by atomic mass is 35.5. The van der Waals surface area contributed by atoms with Crippen molar-refractivity contribution in [2.45, 2.75) is 0 Å². The van der Waals surface area contributed by atoms with Crippen molar-refractivity contribution in [2.24, 2.45) is 5.10 Å². The Hall–Kier alpha value is -3.35. The van der Waals surface area contributed by atoms with Crippen LogP contribution in [0.2, 0.25) is 10.0 Å². The van der Waals surface area contributed by atoms with Gasteiger partial charge < -0.3 is 9.47 Å². The maximum atomic E-state index is 12.3. The molecule has 152 valence electrons. The number of halogens is 2. The Balaban J connectivity index is 1.67. The molecule has 3 rings (SSSR count). The third-order valence-electron chi connectivity index (χ3n) is 3.94. The van der Waals surface area contributed by atoms with Crippen molar-refractivity contribution in [3.05, 3.63) is 93.5 Å². The highest BCUT2D eigenvalue weighted by molar-refractivity contribution is 6.31. The number of ether oxygens (including phenoxy) is 2. The quantitative estimate of drug-likeness (QED) is 0.252. The van der Waals surface area contributed by atoms with Gasteiger partial charge in [-0.3, -0.25) is 4.79 Å². The number of hydrogen-bond acceptors (Lipinski definition) is 5. The van der Waals surface area contributed by atoms with Crippen LogP contribution < -0.4 is 14.9 Å². The molecule has 0 spiro atoms. The number of benzene rings is 3. The SMILES string of the molecule is COc1cc(/C=N\NC(=O)c2cccc(Cl)c2)ccc1OC(=O)c1ccc(Cl)cc1. The molecule has 0 aliphatic carbocycles. The molecule has 6 nitrogen and oxygen atoms in total. The Bertz CT molecular complexity index is 1100. The van der Waals surface area contributed by atoms with Gasteiger partial charge in [-0.2, -0.15) is 5.10 Å². The summed E-state index contributed by atoms with van der Waals surface area (Å²) in [4.78, 5) is 24.3. The molecule has 0 fully saturated rings. The van der Waals surface area contributed by atoms with Crippen molar-refractivity contribution < 1.29 is 19.1 Å². The van der Waals surface area contributed by atoms with Crippen molar-refractivity contribution in [1.82, 2.24) is 5.43 Å². The molecule has 0 aromatic heterocycles. The van der Waals surface area contributed by atoms with Crippen molar-refractivity contribution in [2.75, 3.05) is 7.11 Å². The molecule has 0 atom stereocenters. The summed E-state index contributed by atoms with van der Waals surface area (Å²) in [5, 5.41) is 4.91. The molecular weight excluding hydrogens is 427 g/mol. The van der Waals surface area contributed by atoms with Crippen molar-refractivity contribution in [3.63, 3.8) is 0 Å². The van der Waals surface area contributed by atoms with Crippen LogP contribution in [-0.4, -0.2) is 25.2 Å². The minimum Gasteiger partial charge on any atom is -0.493 e. The molecule has 3 aromatic rings. The molecule has 1 amide bonds. The van der Waals surface area contributed by atoms with E-state index in [1.807, 2.05) is 0 Å². The van der Waals surface area contributed by atoms with Crippen LogP contribution in [0.25, 0.3) is 0 Å². The summed E-state index contributed by atoms with van der Waals surface area (Å²) in [5.74, 6) is -0.352. The maximum absolute atomic E-state index is 12.3. The number of amides is 1. The largest absolute Gasteiger partial charge is 0.493 e. The van der Waals surface area contributed by atoms with Gasteiger partial charge in [-0.25, -0.2) is 10.2 Å². The zero-order valence-corrected chi connectivity index (χ0v) is 17.3. The number of hydrogen-bond donors (Lipinski definition) is 1. The number of methoxy groups -OCH3 is 1. The number of carbonyl (C=O) groups excluding carboxylic acids is 2. The van der Waals surface area contributed by atoms with Crippen LogP contribution in [-0.2, 0) is 0 Å². The number of nitrogens with zero attached hydrogens (tertiary/aromatic N) is 1. The molecule has 0 aliphatic heterocycles. The van der Waals surface area contributed by atoms with E-state index in [0.29, 0.717) is 32.5 Å². The number of hydrazone groups is 1. The molecular formula is C22H16Cl2N2O4. The van der Waals surface area contributed by atoms with Crippen LogP contribution in [0, 0.1) is 0 Å². The number of rotatable bonds is 6. The van der Waals surface area contributed by atoms with Gasteiger partial charge in [0.05, 0.1) is 18.9 Å². The molecule has 1 N–H and O–H groups in total. The van der Waals surface area contributed by atoms with Gasteiger partial charge in [0.25, 0.3) is 5.91 Å². The predicted octanol–water partition coefficient (Wildman–Crippen LogP) is 4.99. The van der Waals surface area contributed by atoms with Crippen LogP contribution in [0.1, 0.15) is 26.3 Å². The van der Waals surface area contributed by atoms with Crippen LogP contribution in [0.4, 0.5) is 0 Å². The van der Waals surface area contributed by atoms with E-state index in [2.05, 4.69) is 10.5 Å². The minimum absolute atomic E-state index is 0.248. The van der Waals surface area contributed by atoms with Gasteiger partial charge in [-0.05, 0) is 66.2 Å². The fraction of sp³-hybridized carbons (Fsp3) is 0.0455. The van der Waals surface area contributed by atoms with Crippen molar-refractivity contribution in [3.8, 4) is 11.5 Å². The molecule has 8 heteroatoms. The lowest BCUT2D eigenvalue weighted by Gasteiger charge is -2.10. The monoisotopic (exact) mass is 442 g/mol. The Morgan fingerprint density at radius 3 is 2.37 bits per heavy atom. The maximum Gasteiger partial charge on any atom is 0.343 e. The Labute approximate surface area is 183 Å². The van der Waals surface area contributed by atoms with Crippen molar-refractivity contribution in [1.29, 1.82) is 0 Å². The van der Waals surface area contributed by atoms with Crippen LogP contribution in [0.15, 0.2) is 71.8 Å². The molecule has 0 unspecified atom stereocenters. The smallest absolute Gasteiger partial charge is 0.343 e. The summed E-state index contributed by atoms with van der Waals surface area (Å²) in [7, 11) is 1.46. The topological polar surface area (TPSA) is 77.0 Å². The van der Waals surface area contributed by atoms with E-state index in [9.17, 15) is 9.59 Å². The van der Waals surface area contributed by atoms with Crippen molar-refractivity contribution >= 4 is 41.3 Å². The third kappa shape index (κ3) is 5.59. The van der Waals surface area contributed by atoms with Gasteiger partial charge >= 0.3 is 5.97 Å². The first-order chi connectivity index (χ1) is 14.5. The zero-order valence-electron chi connectivity index (χ0n) is 15.8. The van der Waals surface area contributed by atoms with E-state index >= 15 is 0 Å². The van der Waals surface area contributed by atoms with Gasteiger partial charge in [-0.1, -0.05) is 29.3 Å². The first kappa shape index (κ1) is 21.4. The Morgan fingerprint density at radius 2 is 1.67 bits per heavy atom. The lowest BCUT2D eigenvalue weighted by Crippen LogP contribution is -2.17. The first-order valence-electron chi connectivity index (χ1n) is 8.71. The fourth-order valence-electron chi connectivity index (χ4n) is 2.45. The summed E-state index contributed by atoms with van der Waals surface area (Å²) in [6.45, 7) is 0. The lowest BCUT2D eigenvalue weighted by atomic mass is 10.2. The normalized spacial score (nSPS) is 10.6.